The zero-order valence-corrected chi connectivity index (χ0v) is 13.7. The summed E-state index contributed by atoms with van der Waals surface area (Å²) in [5, 5.41) is 18.0. The molecule has 0 radical (unpaired) electrons. The minimum atomic E-state index is -0.242. The maximum Gasteiger partial charge on any atom is 0.244 e. The number of para-hydroxylation sites is 1. The van der Waals surface area contributed by atoms with E-state index in [0.29, 0.717) is 0 Å². The molecule has 2 heterocycles. The zero-order valence-electron chi connectivity index (χ0n) is 12.9. The van der Waals surface area contributed by atoms with Crippen LogP contribution in [-0.2, 0) is 4.79 Å². The SMILES string of the molecule is O=C(/C=C/c1cn(-c2ccccc2)nc1-c1cccs1)NCCO. The Hall–Kier alpha value is -2.70. The molecule has 0 spiro atoms. The van der Waals surface area contributed by atoms with Gasteiger partial charge in [-0.2, -0.15) is 5.10 Å². The monoisotopic (exact) mass is 339 g/mol. The molecule has 2 aromatic heterocycles. The van der Waals surface area contributed by atoms with Crippen LogP contribution in [0, 0.1) is 0 Å². The smallest absolute Gasteiger partial charge is 0.244 e. The summed E-state index contributed by atoms with van der Waals surface area (Å²) in [6.07, 6.45) is 5.10. The first-order valence-electron chi connectivity index (χ1n) is 7.53. The number of carbonyl (C=O) groups is 1. The van der Waals surface area contributed by atoms with Crippen molar-refractivity contribution in [3.63, 3.8) is 0 Å². The number of aliphatic hydroxyl groups excluding tert-OH is 1. The highest BCUT2D eigenvalue weighted by Crippen LogP contribution is 2.28. The number of thiophene rings is 1. The number of aromatic nitrogens is 2. The van der Waals surface area contributed by atoms with Gasteiger partial charge in [-0.15, -0.1) is 11.3 Å². The van der Waals surface area contributed by atoms with Crippen molar-refractivity contribution in [1.29, 1.82) is 0 Å². The summed E-state index contributed by atoms with van der Waals surface area (Å²) in [7, 11) is 0. The predicted octanol–water partition coefficient (Wildman–Crippen LogP) is 2.72. The summed E-state index contributed by atoms with van der Waals surface area (Å²) < 4.78 is 1.81. The van der Waals surface area contributed by atoms with E-state index in [2.05, 4.69) is 10.4 Å². The van der Waals surface area contributed by atoms with Gasteiger partial charge in [0.15, 0.2) is 0 Å². The largest absolute Gasteiger partial charge is 0.395 e. The van der Waals surface area contributed by atoms with Gasteiger partial charge in [0, 0.05) is 24.4 Å². The molecule has 0 aliphatic carbocycles. The number of benzene rings is 1. The number of rotatable bonds is 6. The van der Waals surface area contributed by atoms with Gasteiger partial charge in [0.05, 0.1) is 17.2 Å². The lowest BCUT2D eigenvalue weighted by Gasteiger charge is -1.99. The molecule has 6 heteroatoms. The first kappa shape index (κ1) is 16.2. The highest BCUT2D eigenvalue weighted by molar-refractivity contribution is 7.13. The van der Waals surface area contributed by atoms with Crippen LogP contribution in [0.3, 0.4) is 0 Å². The van der Waals surface area contributed by atoms with Crippen molar-refractivity contribution in [2.75, 3.05) is 13.2 Å². The van der Waals surface area contributed by atoms with Crippen molar-refractivity contribution in [2.45, 2.75) is 0 Å². The van der Waals surface area contributed by atoms with Crippen molar-refractivity contribution >= 4 is 23.3 Å². The molecular formula is C18H17N3O2S. The van der Waals surface area contributed by atoms with Gasteiger partial charge in [-0.25, -0.2) is 4.68 Å². The van der Waals surface area contributed by atoms with E-state index in [1.54, 1.807) is 22.1 Å². The lowest BCUT2D eigenvalue weighted by atomic mass is 10.2. The van der Waals surface area contributed by atoms with E-state index in [0.717, 1.165) is 21.8 Å². The van der Waals surface area contributed by atoms with E-state index >= 15 is 0 Å². The van der Waals surface area contributed by atoms with Crippen molar-refractivity contribution in [2.24, 2.45) is 0 Å². The molecule has 5 nitrogen and oxygen atoms in total. The molecule has 0 saturated carbocycles. The van der Waals surface area contributed by atoms with E-state index in [9.17, 15) is 4.79 Å². The van der Waals surface area contributed by atoms with Crippen LogP contribution < -0.4 is 5.32 Å². The van der Waals surface area contributed by atoms with Gasteiger partial charge in [-0.05, 0) is 29.7 Å². The van der Waals surface area contributed by atoms with Gasteiger partial charge in [-0.3, -0.25) is 4.79 Å². The highest BCUT2D eigenvalue weighted by atomic mass is 32.1. The van der Waals surface area contributed by atoms with Gasteiger partial charge < -0.3 is 10.4 Å². The molecule has 0 fully saturated rings. The summed E-state index contributed by atoms with van der Waals surface area (Å²) in [4.78, 5) is 12.8. The van der Waals surface area contributed by atoms with Crippen molar-refractivity contribution in [3.05, 3.63) is 65.7 Å². The Labute approximate surface area is 143 Å². The molecular weight excluding hydrogens is 322 g/mol. The average molecular weight is 339 g/mol. The number of aliphatic hydroxyl groups is 1. The van der Waals surface area contributed by atoms with Gasteiger partial charge in [0.25, 0.3) is 0 Å². The molecule has 24 heavy (non-hydrogen) atoms. The van der Waals surface area contributed by atoms with Crippen LogP contribution in [0.2, 0.25) is 0 Å². The third-order valence-electron chi connectivity index (χ3n) is 3.34. The van der Waals surface area contributed by atoms with Gasteiger partial charge >= 0.3 is 0 Å². The van der Waals surface area contributed by atoms with Crippen LogP contribution in [0.1, 0.15) is 5.56 Å². The normalized spacial score (nSPS) is 11.0. The number of hydrogen-bond donors (Lipinski definition) is 2. The molecule has 0 atom stereocenters. The molecule has 0 aliphatic heterocycles. The summed E-state index contributed by atoms with van der Waals surface area (Å²) in [6, 6.07) is 13.8. The van der Waals surface area contributed by atoms with Crippen LogP contribution in [0.5, 0.6) is 0 Å². The minimum Gasteiger partial charge on any atom is -0.395 e. The lowest BCUT2D eigenvalue weighted by Crippen LogP contribution is -2.24. The number of hydrogen-bond acceptors (Lipinski definition) is 4. The van der Waals surface area contributed by atoms with E-state index in [-0.39, 0.29) is 19.1 Å². The fourth-order valence-electron chi connectivity index (χ4n) is 2.23. The molecule has 3 rings (SSSR count). The molecule has 0 bridgehead atoms. The molecule has 0 aliphatic rings. The Morgan fingerprint density at radius 1 is 1.25 bits per heavy atom. The molecule has 0 saturated heterocycles. The number of nitrogens with one attached hydrogen (secondary N) is 1. The van der Waals surface area contributed by atoms with Crippen LogP contribution in [0.25, 0.3) is 22.3 Å². The Bertz CT molecular complexity index is 823. The van der Waals surface area contributed by atoms with Crippen molar-refractivity contribution in [1.82, 2.24) is 15.1 Å². The first-order chi connectivity index (χ1) is 11.8. The van der Waals surface area contributed by atoms with Crippen molar-refractivity contribution in [3.8, 4) is 16.3 Å². The Morgan fingerprint density at radius 3 is 2.79 bits per heavy atom. The van der Waals surface area contributed by atoms with E-state index < -0.39 is 0 Å². The maximum atomic E-state index is 11.7. The van der Waals surface area contributed by atoms with E-state index in [4.69, 9.17) is 5.11 Å². The quantitative estimate of drug-likeness (QED) is 0.679. The Balaban J connectivity index is 1.93. The van der Waals surface area contributed by atoms with Gasteiger partial charge in [0.1, 0.15) is 5.69 Å². The number of nitrogens with zero attached hydrogens (tertiary/aromatic N) is 2. The summed E-state index contributed by atoms with van der Waals surface area (Å²) >= 11 is 1.60. The third-order valence-corrected chi connectivity index (χ3v) is 4.22. The second-order valence-corrected chi connectivity index (χ2v) is 5.99. The zero-order chi connectivity index (χ0) is 16.8. The molecule has 1 aromatic carbocycles. The second kappa shape index (κ2) is 7.72. The van der Waals surface area contributed by atoms with E-state index in [1.165, 1.54) is 6.08 Å². The topological polar surface area (TPSA) is 67.2 Å². The molecule has 1 amide bonds. The second-order valence-electron chi connectivity index (χ2n) is 5.04. The standard InChI is InChI=1S/C18H17N3O2S/c22-11-10-19-17(23)9-8-14-13-21(15-5-2-1-3-6-15)20-18(14)16-7-4-12-24-16/h1-9,12-13,22H,10-11H2,(H,19,23)/b9-8+. The number of amides is 1. The fourth-order valence-corrected chi connectivity index (χ4v) is 2.96. The highest BCUT2D eigenvalue weighted by Gasteiger charge is 2.11. The molecule has 2 N–H and O–H groups in total. The minimum absolute atomic E-state index is 0.0774. The summed E-state index contributed by atoms with van der Waals surface area (Å²) in [6.45, 7) is 0.163. The molecule has 3 aromatic rings. The first-order valence-corrected chi connectivity index (χ1v) is 8.41. The fraction of sp³-hybridized carbons (Fsp3) is 0.111. The Morgan fingerprint density at radius 2 is 2.08 bits per heavy atom. The number of carbonyl (C=O) groups excluding carboxylic acids is 1. The van der Waals surface area contributed by atoms with Crippen molar-refractivity contribution < 1.29 is 9.90 Å². The van der Waals surface area contributed by atoms with Crippen LogP contribution in [0.4, 0.5) is 0 Å². The lowest BCUT2D eigenvalue weighted by molar-refractivity contribution is -0.116. The molecule has 0 unspecified atom stereocenters. The Kier molecular flexibility index (Phi) is 5.20. The third kappa shape index (κ3) is 3.79. The van der Waals surface area contributed by atoms with Crippen LogP contribution in [-0.4, -0.2) is 33.9 Å². The average Bonchev–Trinajstić information content (AvgIpc) is 3.28. The maximum absolute atomic E-state index is 11.7. The predicted molar refractivity (Wildman–Crippen MR) is 96.0 cm³/mol. The van der Waals surface area contributed by atoms with Crippen LogP contribution in [0.15, 0.2) is 60.1 Å². The van der Waals surface area contributed by atoms with Crippen LogP contribution >= 0.6 is 11.3 Å². The molecule has 122 valence electrons. The summed E-state index contributed by atoms with van der Waals surface area (Å²) in [5.41, 5.74) is 2.65. The summed E-state index contributed by atoms with van der Waals surface area (Å²) in [5.74, 6) is -0.242. The van der Waals surface area contributed by atoms with E-state index in [1.807, 2.05) is 54.0 Å². The van der Waals surface area contributed by atoms with Gasteiger partial charge in [0.2, 0.25) is 5.91 Å². The van der Waals surface area contributed by atoms with Gasteiger partial charge in [-0.1, -0.05) is 24.3 Å².